The van der Waals surface area contributed by atoms with Gasteiger partial charge in [0.25, 0.3) is 0 Å². The van der Waals surface area contributed by atoms with Crippen molar-refractivity contribution in [2.75, 3.05) is 0 Å². The van der Waals surface area contributed by atoms with Crippen molar-refractivity contribution < 1.29 is 9.90 Å². The Morgan fingerprint density at radius 2 is 1.61 bits per heavy atom. The zero-order chi connectivity index (χ0) is 13.3. The molecule has 2 rings (SSSR count). The van der Waals surface area contributed by atoms with Crippen LogP contribution in [-0.2, 0) is 0 Å². The summed E-state index contributed by atoms with van der Waals surface area (Å²) < 4.78 is 0. The molecule has 0 aliphatic heterocycles. The van der Waals surface area contributed by atoms with Gasteiger partial charge in [0.1, 0.15) is 5.75 Å². The van der Waals surface area contributed by atoms with Crippen molar-refractivity contribution in [2.45, 2.75) is 20.8 Å². The van der Waals surface area contributed by atoms with Gasteiger partial charge in [0.15, 0.2) is 5.78 Å². The van der Waals surface area contributed by atoms with Crippen molar-refractivity contribution in [3.8, 4) is 16.9 Å². The third-order valence-electron chi connectivity index (χ3n) is 3.11. The number of Topliss-reactive ketones (excluding diaryl/α,β-unsaturated/α-hetero) is 1. The van der Waals surface area contributed by atoms with E-state index in [-0.39, 0.29) is 5.78 Å². The lowest BCUT2D eigenvalue weighted by Gasteiger charge is -2.11. The second kappa shape index (κ2) is 4.65. The number of ketones is 1. The maximum absolute atomic E-state index is 11.6. The molecule has 2 heteroatoms. The number of hydrogen-bond acceptors (Lipinski definition) is 2. The lowest BCUT2D eigenvalue weighted by atomic mass is 9.94. The first-order chi connectivity index (χ1) is 8.50. The largest absolute Gasteiger partial charge is 0.507 e. The molecule has 0 heterocycles. The van der Waals surface area contributed by atoms with Crippen LogP contribution in [0.2, 0.25) is 0 Å². The van der Waals surface area contributed by atoms with E-state index in [1.165, 1.54) is 0 Å². The van der Waals surface area contributed by atoms with Gasteiger partial charge < -0.3 is 5.11 Å². The maximum Gasteiger partial charge on any atom is 0.160 e. The zero-order valence-electron chi connectivity index (χ0n) is 10.8. The van der Waals surface area contributed by atoms with Gasteiger partial charge in [0.2, 0.25) is 0 Å². The molecule has 92 valence electrons. The van der Waals surface area contributed by atoms with Gasteiger partial charge in [-0.3, -0.25) is 4.79 Å². The van der Waals surface area contributed by atoms with Crippen LogP contribution in [0.3, 0.4) is 0 Å². The molecule has 0 fully saturated rings. The van der Waals surface area contributed by atoms with Gasteiger partial charge in [-0.15, -0.1) is 0 Å². The zero-order valence-corrected chi connectivity index (χ0v) is 10.8. The van der Waals surface area contributed by atoms with E-state index >= 15 is 0 Å². The number of carbonyl (C=O) groups excluding carboxylic acids is 1. The number of hydrogen-bond donors (Lipinski definition) is 1. The average molecular weight is 240 g/mol. The van der Waals surface area contributed by atoms with Gasteiger partial charge in [0.05, 0.1) is 0 Å². The summed E-state index contributed by atoms with van der Waals surface area (Å²) in [5, 5.41) is 9.79. The van der Waals surface area contributed by atoms with Crippen LogP contribution < -0.4 is 0 Å². The first-order valence-corrected chi connectivity index (χ1v) is 5.91. The Bertz CT molecular complexity index is 589. The Hall–Kier alpha value is -2.09. The number of rotatable bonds is 2. The molecule has 0 amide bonds. The highest BCUT2D eigenvalue weighted by molar-refractivity contribution is 6.00. The fourth-order valence-corrected chi connectivity index (χ4v) is 2.15. The summed E-state index contributed by atoms with van der Waals surface area (Å²) in [7, 11) is 0. The lowest BCUT2D eigenvalue weighted by molar-refractivity contribution is 0.101. The van der Waals surface area contributed by atoms with E-state index in [1.807, 2.05) is 50.2 Å². The molecule has 0 aliphatic rings. The molecule has 0 radical (unpaired) electrons. The molecule has 0 aliphatic carbocycles. The molecular weight excluding hydrogens is 224 g/mol. The van der Waals surface area contributed by atoms with E-state index in [4.69, 9.17) is 0 Å². The van der Waals surface area contributed by atoms with Crippen molar-refractivity contribution in [1.29, 1.82) is 0 Å². The molecule has 0 bridgehead atoms. The lowest BCUT2D eigenvalue weighted by Crippen LogP contribution is -1.96. The molecule has 2 nitrogen and oxygen atoms in total. The predicted octanol–water partition coefficient (Wildman–Crippen LogP) is 3.88. The van der Waals surface area contributed by atoms with Crippen LogP contribution in [0, 0.1) is 13.8 Å². The molecular formula is C16H16O2. The normalized spacial score (nSPS) is 10.4. The van der Waals surface area contributed by atoms with Crippen LogP contribution in [0.1, 0.15) is 28.4 Å². The Morgan fingerprint density at radius 3 is 2.17 bits per heavy atom. The fraction of sp³-hybridized carbons (Fsp3) is 0.188. The van der Waals surface area contributed by atoms with Crippen molar-refractivity contribution in [3.05, 3.63) is 53.1 Å². The van der Waals surface area contributed by atoms with Gasteiger partial charge >= 0.3 is 0 Å². The molecule has 0 unspecified atom stereocenters. The van der Waals surface area contributed by atoms with Crippen molar-refractivity contribution in [3.63, 3.8) is 0 Å². The van der Waals surface area contributed by atoms with Crippen LogP contribution >= 0.6 is 0 Å². The Labute approximate surface area is 107 Å². The van der Waals surface area contributed by atoms with E-state index in [1.54, 1.807) is 6.92 Å². The highest BCUT2D eigenvalue weighted by Crippen LogP contribution is 2.31. The summed E-state index contributed by atoms with van der Waals surface area (Å²) >= 11 is 0. The van der Waals surface area contributed by atoms with E-state index < -0.39 is 0 Å². The van der Waals surface area contributed by atoms with Gasteiger partial charge in [-0.05, 0) is 55.2 Å². The van der Waals surface area contributed by atoms with Crippen molar-refractivity contribution >= 4 is 5.78 Å². The van der Waals surface area contributed by atoms with Crippen LogP contribution in [0.4, 0.5) is 0 Å². The number of aryl methyl sites for hydroxylation is 2. The minimum Gasteiger partial charge on any atom is -0.507 e. The Balaban J connectivity index is 2.66. The van der Waals surface area contributed by atoms with Crippen LogP contribution in [0.15, 0.2) is 36.4 Å². The monoisotopic (exact) mass is 240 g/mol. The second-order valence-corrected chi connectivity index (χ2v) is 4.56. The van der Waals surface area contributed by atoms with Gasteiger partial charge in [-0.25, -0.2) is 0 Å². The molecule has 1 N–H and O–H groups in total. The first-order valence-electron chi connectivity index (χ1n) is 5.91. The highest BCUT2D eigenvalue weighted by atomic mass is 16.3. The maximum atomic E-state index is 11.6. The second-order valence-electron chi connectivity index (χ2n) is 4.56. The van der Waals surface area contributed by atoms with Gasteiger partial charge in [-0.1, -0.05) is 24.3 Å². The first kappa shape index (κ1) is 12.4. The molecule has 0 saturated carbocycles. The molecule has 0 spiro atoms. The Kier molecular flexibility index (Phi) is 3.19. The van der Waals surface area contributed by atoms with E-state index in [0.29, 0.717) is 11.3 Å². The SMILES string of the molecule is CC(=O)c1ccccc1-c1cc(C)c(O)c(C)c1. The summed E-state index contributed by atoms with van der Waals surface area (Å²) in [5.41, 5.74) is 4.23. The summed E-state index contributed by atoms with van der Waals surface area (Å²) in [6.07, 6.45) is 0. The fourth-order valence-electron chi connectivity index (χ4n) is 2.15. The number of benzene rings is 2. The highest BCUT2D eigenvalue weighted by Gasteiger charge is 2.10. The van der Waals surface area contributed by atoms with Crippen molar-refractivity contribution in [1.82, 2.24) is 0 Å². The smallest absolute Gasteiger partial charge is 0.160 e. The molecule has 0 atom stereocenters. The van der Waals surface area contributed by atoms with Gasteiger partial charge in [0, 0.05) is 5.56 Å². The molecule has 0 saturated heterocycles. The molecule has 2 aromatic carbocycles. The quantitative estimate of drug-likeness (QED) is 0.809. The third-order valence-corrected chi connectivity index (χ3v) is 3.11. The number of aromatic hydroxyl groups is 1. The van der Waals surface area contributed by atoms with Crippen LogP contribution in [-0.4, -0.2) is 10.9 Å². The van der Waals surface area contributed by atoms with E-state index in [2.05, 4.69) is 0 Å². The number of carbonyl (C=O) groups is 1. The topological polar surface area (TPSA) is 37.3 Å². The third kappa shape index (κ3) is 2.14. The predicted molar refractivity (Wildman–Crippen MR) is 73.0 cm³/mol. The molecule has 2 aromatic rings. The number of phenolic OH excluding ortho intramolecular Hbond substituents is 1. The average Bonchev–Trinajstić information content (AvgIpc) is 2.35. The minimum atomic E-state index is 0.0500. The summed E-state index contributed by atoms with van der Waals surface area (Å²) in [6.45, 7) is 5.30. The van der Waals surface area contributed by atoms with Crippen LogP contribution in [0.5, 0.6) is 5.75 Å². The molecule has 0 aromatic heterocycles. The van der Waals surface area contributed by atoms with E-state index in [0.717, 1.165) is 22.3 Å². The Morgan fingerprint density at radius 1 is 1.06 bits per heavy atom. The summed E-state index contributed by atoms with van der Waals surface area (Å²) in [5.74, 6) is 0.369. The van der Waals surface area contributed by atoms with E-state index in [9.17, 15) is 9.90 Å². The minimum absolute atomic E-state index is 0.0500. The van der Waals surface area contributed by atoms with Crippen molar-refractivity contribution in [2.24, 2.45) is 0 Å². The summed E-state index contributed by atoms with van der Waals surface area (Å²) in [6, 6.07) is 11.4. The van der Waals surface area contributed by atoms with Crippen LogP contribution in [0.25, 0.3) is 11.1 Å². The van der Waals surface area contributed by atoms with Gasteiger partial charge in [-0.2, -0.15) is 0 Å². The number of phenols is 1. The molecule has 18 heavy (non-hydrogen) atoms. The summed E-state index contributed by atoms with van der Waals surface area (Å²) in [4.78, 5) is 11.6. The standard InChI is InChI=1S/C16H16O2/c1-10-8-13(9-11(2)16(10)18)15-7-5-4-6-14(15)12(3)17/h4-9,18H,1-3H3.